The summed E-state index contributed by atoms with van der Waals surface area (Å²) in [5.41, 5.74) is 4.56. The molecule has 198 valence electrons. The van der Waals surface area contributed by atoms with Crippen molar-refractivity contribution in [1.29, 1.82) is 0 Å². The molecule has 11 nitrogen and oxygen atoms in total. The number of carbonyl (C=O) groups is 1. The zero-order valence-electron chi connectivity index (χ0n) is 22.3. The lowest BCUT2D eigenvalue weighted by molar-refractivity contribution is 0.0378. The summed E-state index contributed by atoms with van der Waals surface area (Å²) in [6, 6.07) is 5.36. The van der Waals surface area contributed by atoms with Crippen LogP contribution in [0.5, 0.6) is 0 Å². The molecule has 2 heterocycles. The highest BCUT2D eigenvalue weighted by atomic mass is 16.6. The molecule has 1 aliphatic heterocycles. The Kier molecular flexibility index (Phi) is 9.80. The number of anilines is 4. The number of amides is 1. The molecule has 0 bridgehead atoms. The molecule has 1 saturated heterocycles. The van der Waals surface area contributed by atoms with E-state index in [9.17, 15) is 4.79 Å². The number of aromatic nitrogens is 3. The maximum absolute atomic E-state index is 12.2. The summed E-state index contributed by atoms with van der Waals surface area (Å²) in [5.74, 6) is 1.16. The van der Waals surface area contributed by atoms with Crippen molar-refractivity contribution in [2.75, 3.05) is 75.6 Å². The maximum Gasteiger partial charge on any atom is 0.274 e. The van der Waals surface area contributed by atoms with Crippen LogP contribution in [-0.4, -0.2) is 85.9 Å². The Morgan fingerprint density at radius 1 is 1.17 bits per heavy atom. The topological polar surface area (TPSA) is 117 Å². The van der Waals surface area contributed by atoms with Crippen molar-refractivity contribution in [3.05, 3.63) is 29.3 Å². The molecule has 0 unspecified atom stereocenters. The fraction of sp³-hybridized carbons (Fsp3) is 0.600. The number of nitrogens with zero attached hydrogens (tertiary/aromatic N) is 5. The number of aryl methyl sites for hydroxylation is 1. The predicted octanol–water partition coefficient (Wildman–Crippen LogP) is 2.83. The molecule has 2 aromatic rings. The van der Waals surface area contributed by atoms with Gasteiger partial charge in [0.1, 0.15) is 0 Å². The van der Waals surface area contributed by atoms with Gasteiger partial charge in [-0.2, -0.15) is 15.0 Å². The van der Waals surface area contributed by atoms with Gasteiger partial charge in [-0.3, -0.25) is 14.5 Å². The molecule has 1 aliphatic rings. The molecule has 0 aliphatic carbocycles. The van der Waals surface area contributed by atoms with E-state index in [4.69, 9.17) is 9.57 Å². The Balaban J connectivity index is 1.77. The summed E-state index contributed by atoms with van der Waals surface area (Å²) in [4.78, 5) is 35.4. The van der Waals surface area contributed by atoms with E-state index < -0.39 is 0 Å². The van der Waals surface area contributed by atoms with Crippen molar-refractivity contribution in [3.63, 3.8) is 0 Å². The van der Waals surface area contributed by atoms with Crippen LogP contribution in [0.15, 0.2) is 18.2 Å². The van der Waals surface area contributed by atoms with Crippen LogP contribution in [0, 0.1) is 12.3 Å². The van der Waals surface area contributed by atoms with E-state index in [0.717, 1.165) is 63.6 Å². The highest BCUT2D eigenvalue weighted by Gasteiger charge is 2.18. The number of ether oxygens (including phenoxy) is 1. The predicted molar refractivity (Wildman–Crippen MR) is 142 cm³/mol. The Morgan fingerprint density at radius 2 is 1.89 bits per heavy atom. The van der Waals surface area contributed by atoms with Gasteiger partial charge >= 0.3 is 0 Å². The van der Waals surface area contributed by atoms with Crippen molar-refractivity contribution < 1.29 is 14.4 Å². The quantitative estimate of drug-likeness (QED) is 0.314. The minimum Gasteiger partial charge on any atom is -0.379 e. The first-order valence-electron chi connectivity index (χ1n) is 12.4. The highest BCUT2D eigenvalue weighted by Crippen LogP contribution is 2.23. The molecule has 3 rings (SSSR count). The average molecular weight is 501 g/mol. The Hall–Kier alpha value is -3.02. The third kappa shape index (κ3) is 8.58. The van der Waals surface area contributed by atoms with E-state index in [1.165, 1.54) is 7.11 Å². The van der Waals surface area contributed by atoms with Crippen molar-refractivity contribution in [2.45, 2.75) is 34.1 Å². The maximum atomic E-state index is 12.2. The van der Waals surface area contributed by atoms with Crippen molar-refractivity contribution in [2.24, 2.45) is 5.41 Å². The number of rotatable bonds is 11. The van der Waals surface area contributed by atoms with Crippen LogP contribution >= 0.6 is 0 Å². The number of hydrogen-bond donors (Lipinski definition) is 3. The largest absolute Gasteiger partial charge is 0.379 e. The van der Waals surface area contributed by atoms with E-state index in [2.05, 4.69) is 56.7 Å². The molecular formula is C25H40N8O3. The monoisotopic (exact) mass is 500 g/mol. The average Bonchev–Trinajstić information content (AvgIpc) is 2.83. The number of hydrogen-bond acceptors (Lipinski definition) is 10. The van der Waals surface area contributed by atoms with Gasteiger partial charge in [0, 0.05) is 44.5 Å². The second-order valence-electron chi connectivity index (χ2n) is 10.2. The van der Waals surface area contributed by atoms with Crippen molar-refractivity contribution in [1.82, 2.24) is 25.3 Å². The van der Waals surface area contributed by atoms with Gasteiger partial charge in [-0.25, -0.2) is 5.48 Å². The second kappa shape index (κ2) is 12.8. The van der Waals surface area contributed by atoms with Gasteiger partial charge in [-0.05, 0) is 43.0 Å². The molecule has 1 aromatic carbocycles. The molecule has 0 spiro atoms. The Morgan fingerprint density at radius 3 is 2.58 bits per heavy atom. The van der Waals surface area contributed by atoms with Gasteiger partial charge in [0.05, 0.1) is 20.3 Å². The summed E-state index contributed by atoms with van der Waals surface area (Å²) in [5, 5.41) is 6.64. The summed E-state index contributed by atoms with van der Waals surface area (Å²) < 4.78 is 5.42. The summed E-state index contributed by atoms with van der Waals surface area (Å²) in [6.07, 6.45) is 0.970. The number of hydroxylamine groups is 1. The minimum atomic E-state index is -0.329. The minimum absolute atomic E-state index is 0.0698. The molecule has 11 heteroatoms. The third-order valence-electron chi connectivity index (χ3n) is 5.66. The van der Waals surface area contributed by atoms with E-state index in [0.29, 0.717) is 23.4 Å². The zero-order chi connectivity index (χ0) is 26.1. The first-order chi connectivity index (χ1) is 17.1. The lowest BCUT2D eigenvalue weighted by Crippen LogP contribution is -2.37. The highest BCUT2D eigenvalue weighted by molar-refractivity contribution is 5.94. The number of nitrogens with one attached hydrogen (secondary N) is 3. The summed E-state index contributed by atoms with van der Waals surface area (Å²) in [6.45, 7) is 14.5. The first kappa shape index (κ1) is 27.6. The zero-order valence-corrected chi connectivity index (χ0v) is 22.3. The summed E-state index contributed by atoms with van der Waals surface area (Å²) >= 11 is 0. The van der Waals surface area contributed by atoms with Gasteiger partial charge in [0.15, 0.2) is 0 Å². The van der Waals surface area contributed by atoms with E-state index in [1.54, 1.807) is 12.1 Å². The fourth-order valence-electron chi connectivity index (χ4n) is 3.95. The van der Waals surface area contributed by atoms with Crippen LogP contribution in [0.4, 0.5) is 23.5 Å². The summed E-state index contributed by atoms with van der Waals surface area (Å²) in [7, 11) is 3.38. The van der Waals surface area contributed by atoms with Crippen LogP contribution in [0.2, 0.25) is 0 Å². The number of carbonyl (C=O) groups excluding carboxylic acids is 1. The smallest absolute Gasteiger partial charge is 0.274 e. The molecule has 1 fully saturated rings. The van der Waals surface area contributed by atoms with Crippen LogP contribution < -0.4 is 21.0 Å². The molecule has 1 amide bonds. The van der Waals surface area contributed by atoms with Gasteiger partial charge < -0.3 is 20.3 Å². The number of morpholine rings is 1. The van der Waals surface area contributed by atoms with E-state index in [1.807, 2.05) is 24.9 Å². The standard InChI is InChI=1S/C25H40N8O3/c1-18-8-9-19(21(34)31-35-6)16-20(18)27-23-28-22(26-10-7-11-33-12-14-36-15-13-33)29-24(30-23)32(5)17-25(2,3)4/h8-9,16H,7,10-15,17H2,1-6H3,(H,31,34)(H2,26,27,28,29,30). The van der Waals surface area contributed by atoms with Crippen LogP contribution in [0.25, 0.3) is 0 Å². The van der Waals surface area contributed by atoms with Crippen molar-refractivity contribution >= 4 is 29.4 Å². The van der Waals surface area contributed by atoms with Crippen LogP contribution in [-0.2, 0) is 9.57 Å². The number of benzene rings is 1. The van der Waals surface area contributed by atoms with E-state index in [-0.39, 0.29) is 11.3 Å². The molecule has 0 atom stereocenters. The fourth-order valence-corrected chi connectivity index (χ4v) is 3.95. The molecule has 36 heavy (non-hydrogen) atoms. The van der Waals surface area contributed by atoms with Crippen molar-refractivity contribution in [3.8, 4) is 0 Å². The lowest BCUT2D eigenvalue weighted by Gasteiger charge is -2.27. The first-order valence-corrected chi connectivity index (χ1v) is 12.4. The van der Waals surface area contributed by atoms with Crippen LogP contribution in [0.1, 0.15) is 43.1 Å². The normalized spacial score (nSPS) is 14.4. The Labute approximate surface area is 213 Å². The van der Waals surface area contributed by atoms with Crippen LogP contribution in [0.3, 0.4) is 0 Å². The van der Waals surface area contributed by atoms with Gasteiger partial charge in [-0.15, -0.1) is 0 Å². The molecule has 3 N–H and O–H groups in total. The molecule has 1 aromatic heterocycles. The van der Waals surface area contributed by atoms with Gasteiger partial charge in [0.25, 0.3) is 5.91 Å². The second-order valence-corrected chi connectivity index (χ2v) is 10.2. The molecule has 0 saturated carbocycles. The molecule has 0 radical (unpaired) electrons. The lowest BCUT2D eigenvalue weighted by atomic mass is 9.96. The SMILES string of the molecule is CONC(=O)c1ccc(C)c(Nc2nc(NCCCN3CCOCC3)nc(N(C)CC(C)(C)C)n2)c1. The van der Waals surface area contributed by atoms with Gasteiger partial charge in [-0.1, -0.05) is 26.8 Å². The van der Waals surface area contributed by atoms with Gasteiger partial charge in [0.2, 0.25) is 17.8 Å². The Bertz CT molecular complexity index is 1010. The molecular weight excluding hydrogens is 460 g/mol. The van der Waals surface area contributed by atoms with E-state index >= 15 is 0 Å². The third-order valence-corrected chi connectivity index (χ3v) is 5.66.